The van der Waals surface area contributed by atoms with Crippen molar-refractivity contribution in [1.82, 2.24) is 14.5 Å². The van der Waals surface area contributed by atoms with Crippen LogP contribution in [-0.4, -0.2) is 50.8 Å². The second-order valence-electron chi connectivity index (χ2n) is 6.36. The fourth-order valence-electron chi connectivity index (χ4n) is 2.99. The Morgan fingerprint density at radius 1 is 1.33 bits per heavy atom. The van der Waals surface area contributed by atoms with Crippen LogP contribution in [0.5, 0.6) is 0 Å². The minimum atomic E-state index is -1.27. The van der Waals surface area contributed by atoms with Gasteiger partial charge in [-0.25, -0.2) is 9.37 Å². The van der Waals surface area contributed by atoms with E-state index in [0.717, 1.165) is 0 Å². The number of ketones is 1. The van der Waals surface area contributed by atoms with Crippen molar-refractivity contribution in [3.8, 4) is 0 Å². The first-order chi connectivity index (χ1) is 12.8. The van der Waals surface area contributed by atoms with Gasteiger partial charge in [0, 0.05) is 24.4 Å². The molecule has 1 aliphatic rings. The van der Waals surface area contributed by atoms with E-state index in [2.05, 4.69) is 26.2 Å². The normalized spacial score (nSPS) is 19.1. The van der Waals surface area contributed by atoms with E-state index in [9.17, 15) is 18.8 Å². The fraction of sp³-hybridized carbons (Fsp3) is 0.333. The Kier molecular flexibility index (Phi) is 5.69. The zero-order valence-electron chi connectivity index (χ0n) is 14.6. The number of pyridine rings is 1. The van der Waals surface area contributed by atoms with Crippen LogP contribution in [0.25, 0.3) is 0 Å². The van der Waals surface area contributed by atoms with Gasteiger partial charge in [-0.1, -0.05) is 6.07 Å². The molecule has 1 fully saturated rings. The molecule has 1 aliphatic heterocycles. The second kappa shape index (κ2) is 7.99. The largest absolute Gasteiger partial charge is 0.344 e. The third-order valence-electron chi connectivity index (χ3n) is 4.31. The minimum absolute atomic E-state index is 0.0596. The standard InChI is InChI=1S/C18H18BrFN4O3/c1-11(25)12-5-6-23(8-12)10-17(26)24-9-13(20)7-14(24)18(27)22-16-4-2-3-15(19)21-16/h2-6,8,13-14H,7,9-10H2,1H3,(H,21,22,27)/t13-,14+/m1/s1. The Bertz CT molecular complexity index is 885. The van der Waals surface area contributed by atoms with Crippen LogP contribution in [0.2, 0.25) is 0 Å². The number of rotatable bonds is 5. The number of nitrogens with one attached hydrogen (secondary N) is 1. The van der Waals surface area contributed by atoms with E-state index in [-0.39, 0.29) is 31.2 Å². The van der Waals surface area contributed by atoms with Gasteiger partial charge in [0.25, 0.3) is 0 Å². The summed E-state index contributed by atoms with van der Waals surface area (Å²) in [5.41, 5.74) is 0.489. The number of anilines is 1. The van der Waals surface area contributed by atoms with Gasteiger partial charge in [-0.15, -0.1) is 0 Å². The fourth-order valence-corrected chi connectivity index (χ4v) is 3.33. The van der Waals surface area contributed by atoms with Crippen molar-refractivity contribution < 1.29 is 18.8 Å². The van der Waals surface area contributed by atoms with Crippen molar-refractivity contribution in [3.05, 3.63) is 46.8 Å². The van der Waals surface area contributed by atoms with Crippen LogP contribution in [0.3, 0.4) is 0 Å². The maximum atomic E-state index is 13.9. The Morgan fingerprint density at radius 3 is 2.78 bits per heavy atom. The lowest BCUT2D eigenvalue weighted by molar-refractivity contribution is -0.137. The summed E-state index contributed by atoms with van der Waals surface area (Å²) in [7, 11) is 0. The molecule has 0 unspecified atom stereocenters. The smallest absolute Gasteiger partial charge is 0.248 e. The Balaban J connectivity index is 1.69. The lowest BCUT2D eigenvalue weighted by Gasteiger charge is -2.23. The first kappa shape index (κ1) is 19.2. The van der Waals surface area contributed by atoms with Crippen molar-refractivity contribution in [3.63, 3.8) is 0 Å². The number of hydrogen-bond donors (Lipinski definition) is 1. The molecule has 142 valence electrons. The lowest BCUT2D eigenvalue weighted by atomic mass is 10.2. The molecule has 27 heavy (non-hydrogen) atoms. The summed E-state index contributed by atoms with van der Waals surface area (Å²) in [6.45, 7) is 1.23. The molecule has 2 atom stereocenters. The predicted molar refractivity (Wildman–Crippen MR) is 100 cm³/mol. The van der Waals surface area contributed by atoms with E-state index >= 15 is 0 Å². The van der Waals surface area contributed by atoms with Crippen LogP contribution in [0, 0.1) is 0 Å². The third-order valence-corrected chi connectivity index (χ3v) is 4.76. The highest BCUT2D eigenvalue weighted by atomic mass is 79.9. The number of amides is 2. The molecule has 9 heteroatoms. The molecule has 3 rings (SSSR count). The zero-order chi connectivity index (χ0) is 19.6. The Morgan fingerprint density at radius 2 is 2.11 bits per heavy atom. The average Bonchev–Trinajstić information content (AvgIpc) is 3.21. The first-order valence-corrected chi connectivity index (χ1v) is 9.16. The van der Waals surface area contributed by atoms with Gasteiger partial charge in [0.1, 0.15) is 29.2 Å². The van der Waals surface area contributed by atoms with Gasteiger partial charge in [-0.2, -0.15) is 0 Å². The molecule has 1 saturated heterocycles. The number of Topliss-reactive ketones (excluding diaryl/α,β-unsaturated/α-hetero) is 1. The summed E-state index contributed by atoms with van der Waals surface area (Å²) in [6.07, 6.45) is 1.84. The van der Waals surface area contributed by atoms with Gasteiger partial charge in [0.2, 0.25) is 11.8 Å². The van der Waals surface area contributed by atoms with E-state index in [4.69, 9.17) is 0 Å². The maximum Gasteiger partial charge on any atom is 0.248 e. The van der Waals surface area contributed by atoms with Gasteiger partial charge in [-0.3, -0.25) is 14.4 Å². The summed E-state index contributed by atoms with van der Waals surface area (Å²) in [5.74, 6) is -0.653. The van der Waals surface area contributed by atoms with Crippen LogP contribution in [-0.2, 0) is 16.1 Å². The van der Waals surface area contributed by atoms with Crippen LogP contribution in [0.15, 0.2) is 41.3 Å². The van der Waals surface area contributed by atoms with Crippen LogP contribution in [0.4, 0.5) is 10.2 Å². The minimum Gasteiger partial charge on any atom is -0.344 e. The molecule has 7 nitrogen and oxygen atoms in total. The number of carbonyl (C=O) groups is 3. The van der Waals surface area contributed by atoms with E-state index < -0.39 is 18.1 Å². The number of halogens is 2. The van der Waals surface area contributed by atoms with Crippen molar-refractivity contribution in [2.24, 2.45) is 0 Å². The molecule has 0 aromatic carbocycles. The highest BCUT2D eigenvalue weighted by molar-refractivity contribution is 9.10. The zero-order valence-corrected chi connectivity index (χ0v) is 16.1. The quantitative estimate of drug-likeness (QED) is 0.576. The third kappa shape index (κ3) is 4.60. The van der Waals surface area contributed by atoms with Gasteiger partial charge in [0.05, 0.1) is 6.54 Å². The van der Waals surface area contributed by atoms with Gasteiger partial charge in [0.15, 0.2) is 5.78 Å². The molecular weight excluding hydrogens is 419 g/mol. The summed E-state index contributed by atoms with van der Waals surface area (Å²) >= 11 is 3.22. The van der Waals surface area contributed by atoms with Crippen LogP contribution >= 0.6 is 15.9 Å². The summed E-state index contributed by atoms with van der Waals surface area (Å²) < 4.78 is 16.1. The first-order valence-electron chi connectivity index (χ1n) is 8.37. The summed E-state index contributed by atoms with van der Waals surface area (Å²) in [4.78, 5) is 41.9. The molecule has 0 aliphatic carbocycles. The van der Waals surface area contributed by atoms with E-state index in [1.807, 2.05) is 0 Å². The van der Waals surface area contributed by atoms with Crippen molar-refractivity contribution in [2.75, 3.05) is 11.9 Å². The average molecular weight is 437 g/mol. The molecule has 0 spiro atoms. The monoisotopic (exact) mass is 436 g/mol. The Labute approximate surface area is 163 Å². The van der Waals surface area contributed by atoms with Gasteiger partial charge < -0.3 is 14.8 Å². The number of likely N-dealkylation sites (tertiary alicyclic amines) is 1. The number of nitrogens with zero attached hydrogens (tertiary/aromatic N) is 3. The van der Waals surface area contributed by atoms with Crippen LogP contribution in [0.1, 0.15) is 23.7 Å². The molecule has 2 aromatic rings. The Hall–Kier alpha value is -2.55. The SMILES string of the molecule is CC(=O)c1ccn(CC(=O)N2C[C@H](F)C[C@H]2C(=O)Nc2cccc(Br)n2)c1. The van der Waals surface area contributed by atoms with Gasteiger partial charge in [-0.05, 0) is 41.1 Å². The van der Waals surface area contributed by atoms with E-state index in [1.165, 1.54) is 11.8 Å². The highest BCUT2D eigenvalue weighted by Gasteiger charge is 2.39. The number of hydrogen-bond acceptors (Lipinski definition) is 4. The summed E-state index contributed by atoms with van der Waals surface area (Å²) in [5, 5.41) is 2.62. The topological polar surface area (TPSA) is 84.3 Å². The number of carbonyl (C=O) groups excluding carboxylic acids is 3. The molecule has 2 aromatic heterocycles. The van der Waals surface area contributed by atoms with Crippen molar-refractivity contribution in [1.29, 1.82) is 0 Å². The molecule has 1 N–H and O–H groups in total. The number of alkyl halides is 1. The van der Waals surface area contributed by atoms with Gasteiger partial charge >= 0.3 is 0 Å². The molecule has 0 bridgehead atoms. The summed E-state index contributed by atoms with van der Waals surface area (Å²) in [6, 6.07) is 5.74. The maximum absolute atomic E-state index is 13.9. The second-order valence-corrected chi connectivity index (χ2v) is 7.17. The molecule has 2 amide bonds. The van der Waals surface area contributed by atoms with E-state index in [0.29, 0.717) is 16.0 Å². The molecule has 3 heterocycles. The van der Waals surface area contributed by atoms with Crippen LogP contribution < -0.4 is 5.32 Å². The molecule has 0 saturated carbocycles. The van der Waals surface area contributed by atoms with Crippen molar-refractivity contribution >= 4 is 39.3 Å². The molecular formula is C18H18BrFN4O3. The van der Waals surface area contributed by atoms with Crippen molar-refractivity contribution in [2.45, 2.75) is 32.1 Å². The number of aromatic nitrogens is 2. The highest BCUT2D eigenvalue weighted by Crippen LogP contribution is 2.23. The molecule has 0 radical (unpaired) electrons. The lowest BCUT2D eigenvalue weighted by Crippen LogP contribution is -2.44. The van der Waals surface area contributed by atoms with E-state index in [1.54, 1.807) is 41.2 Å². The predicted octanol–water partition coefficient (Wildman–Crippen LogP) is 2.43.